The van der Waals surface area contributed by atoms with Gasteiger partial charge in [-0.25, -0.2) is 0 Å². The molecule has 3 aromatic rings. The lowest BCUT2D eigenvalue weighted by Crippen LogP contribution is -2.35. The third kappa shape index (κ3) is 7.53. The van der Waals surface area contributed by atoms with Gasteiger partial charge in [-0.3, -0.25) is 0 Å². The molecular formula is C30H26F12NP. The molecule has 4 rings (SSSR count). The van der Waals surface area contributed by atoms with Crippen LogP contribution in [0.1, 0.15) is 53.1 Å². The first-order chi connectivity index (χ1) is 20.2. The molecule has 3 aromatic carbocycles. The molecule has 1 aliphatic carbocycles. The second-order valence-corrected chi connectivity index (χ2v) is 13.3. The van der Waals surface area contributed by atoms with E-state index < -0.39 is 83.1 Å². The van der Waals surface area contributed by atoms with Crippen LogP contribution in [-0.2, 0) is 24.7 Å². The number of benzene rings is 3. The normalized spacial score (nSPS) is 19.2. The zero-order valence-corrected chi connectivity index (χ0v) is 24.0. The van der Waals surface area contributed by atoms with Crippen molar-refractivity contribution >= 4 is 18.5 Å². The predicted octanol–water partition coefficient (Wildman–Crippen LogP) is 9.67. The standard InChI is InChI=1S/C30H26F12NP/c1-43(2)26(17-7-4-3-5-8-17)24-9-6-10-25(24)44(22-13-18(27(31,32)33)11-19(14-22)28(34,35)36)23-15-20(29(37,38)39)12-21(16-23)30(40,41)42/h3-5,7-8,11-16,24-26H,6,9-10H2,1-2H3/t24?,25?,26-/m0/s1. The highest BCUT2D eigenvalue weighted by Gasteiger charge is 2.45. The van der Waals surface area contributed by atoms with Crippen LogP contribution in [0.25, 0.3) is 0 Å². The van der Waals surface area contributed by atoms with Crippen molar-refractivity contribution in [3.8, 4) is 0 Å². The summed E-state index contributed by atoms with van der Waals surface area (Å²) in [5.41, 5.74) is -6.89. The summed E-state index contributed by atoms with van der Waals surface area (Å²) in [6, 6.07) is 9.73. The topological polar surface area (TPSA) is 3.24 Å². The Labute approximate surface area is 246 Å². The smallest absolute Gasteiger partial charge is 0.302 e. The molecule has 3 atom stereocenters. The highest BCUT2D eigenvalue weighted by molar-refractivity contribution is 7.73. The van der Waals surface area contributed by atoms with Gasteiger partial charge in [0.15, 0.2) is 0 Å². The van der Waals surface area contributed by atoms with E-state index in [1.165, 1.54) is 0 Å². The van der Waals surface area contributed by atoms with Gasteiger partial charge in [-0.1, -0.05) is 36.8 Å². The maximum Gasteiger partial charge on any atom is 0.416 e. The summed E-state index contributed by atoms with van der Waals surface area (Å²) in [5.74, 6) is -0.522. The van der Waals surface area contributed by atoms with Gasteiger partial charge in [0.25, 0.3) is 0 Å². The minimum absolute atomic E-state index is 0.108. The van der Waals surface area contributed by atoms with Crippen LogP contribution in [0.4, 0.5) is 52.7 Å². The zero-order chi connectivity index (χ0) is 32.8. The number of nitrogens with zero attached hydrogens (tertiary/aromatic N) is 1. The Bertz CT molecular complexity index is 1300. The molecule has 1 aliphatic rings. The Balaban J connectivity index is 2.05. The van der Waals surface area contributed by atoms with Gasteiger partial charge < -0.3 is 4.90 Å². The van der Waals surface area contributed by atoms with E-state index in [4.69, 9.17) is 0 Å². The van der Waals surface area contributed by atoms with E-state index in [-0.39, 0.29) is 18.6 Å². The van der Waals surface area contributed by atoms with Gasteiger partial charge >= 0.3 is 24.7 Å². The molecule has 1 saturated carbocycles. The Hall–Kier alpha value is -2.79. The van der Waals surface area contributed by atoms with Crippen LogP contribution in [0.15, 0.2) is 66.7 Å². The van der Waals surface area contributed by atoms with Gasteiger partial charge in [0.1, 0.15) is 0 Å². The van der Waals surface area contributed by atoms with Crippen LogP contribution in [0, 0.1) is 5.92 Å². The average molecular weight is 659 g/mol. The molecule has 0 aromatic heterocycles. The summed E-state index contributed by atoms with van der Waals surface area (Å²) < 4.78 is 167. The van der Waals surface area contributed by atoms with Crippen molar-refractivity contribution in [2.24, 2.45) is 5.92 Å². The molecule has 0 aliphatic heterocycles. The van der Waals surface area contributed by atoms with Crippen molar-refractivity contribution in [2.45, 2.75) is 55.7 Å². The number of hydrogen-bond acceptors (Lipinski definition) is 1. The zero-order valence-electron chi connectivity index (χ0n) is 23.1. The summed E-state index contributed by atoms with van der Waals surface area (Å²) in [5, 5.41) is -1.20. The van der Waals surface area contributed by atoms with Crippen LogP contribution in [0.3, 0.4) is 0 Å². The Morgan fingerprint density at radius 2 is 0.977 bits per heavy atom. The van der Waals surface area contributed by atoms with Gasteiger partial charge in [-0.05, 0) is 99.0 Å². The second kappa shape index (κ2) is 12.2. The first-order valence-electron chi connectivity index (χ1n) is 13.3. The summed E-state index contributed by atoms with van der Waals surface area (Å²) in [6.45, 7) is 0. The molecule has 240 valence electrons. The number of rotatable bonds is 6. The molecule has 0 N–H and O–H groups in total. The fourth-order valence-electron chi connectivity index (χ4n) is 5.92. The van der Waals surface area contributed by atoms with Crippen LogP contribution in [0.2, 0.25) is 0 Å². The molecular weight excluding hydrogens is 633 g/mol. The molecule has 0 heterocycles. The van der Waals surface area contributed by atoms with E-state index in [9.17, 15) is 52.7 Å². The van der Waals surface area contributed by atoms with Crippen LogP contribution in [0.5, 0.6) is 0 Å². The molecule has 2 unspecified atom stereocenters. The molecule has 0 bridgehead atoms. The third-order valence-electron chi connectivity index (χ3n) is 7.67. The third-order valence-corrected chi connectivity index (χ3v) is 10.6. The lowest BCUT2D eigenvalue weighted by molar-refractivity contribution is -0.144. The van der Waals surface area contributed by atoms with Gasteiger partial charge in [-0.15, -0.1) is 0 Å². The lowest BCUT2D eigenvalue weighted by atomic mass is 9.90. The molecule has 1 nitrogen and oxygen atoms in total. The van der Waals surface area contributed by atoms with Crippen molar-refractivity contribution in [1.29, 1.82) is 0 Å². The minimum atomic E-state index is -5.27. The summed E-state index contributed by atoms with van der Waals surface area (Å²) in [4.78, 5) is 1.78. The average Bonchev–Trinajstić information content (AvgIpc) is 3.35. The molecule has 0 saturated heterocycles. The fraction of sp³-hybridized carbons (Fsp3) is 0.400. The number of alkyl halides is 12. The van der Waals surface area contributed by atoms with E-state index in [0.29, 0.717) is 37.1 Å². The highest BCUT2D eigenvalue weighted by Crippen LogP contribution is 2.56. The van der Waals surface area contributed by atoms with Crippen LogP contribution in [-0.4, -0.2) is 24.7 Å². The lowest BCUT2D eigenvalue weighted by Gasteiger charge is -2.38. The van der Waals surface area contributed by atoms with Crippen molar-refractivity contribution in [2.75, 3.05) is 14.1 Å². The maximum absolute atomic E-state index is 13.9. The van der Waals surface area contributed by atoms with E-state index in [0.717, 1.165) is 5.56 Å². The summed E-state index contributed by atoms with van der Waals surface area (Å²) >= 11 is 0. The van der Waals surface area contributed by atoms with E-state index >= 15 is 0 Å². The quantitative estimate of drug-likeness (QED) is 0.188. The molecule has 0 radical (unpaired) electrons. The molecule has 0 spiro atoms. The number of hydrogen-bond donors (Lipinski definition) is 0. The maximum atomic E-state index is 13.9. The van der Waals surface area contributed by atoms with Crippen molar-refractivity contribution < 1.29 is 52.7 Å². The van der Waals surface area contributed by atoms with Crippen molar-refractivity contribution in [3.05, 3.63) is 94.5 Å². The second-order valence-electron chi connectivity index (χ2n) is 10.9. The highest BCUT2D eigenvalue weighted by atomic mass is 31.1. The SMILES string of the molecule is CN(C)[C@@H](c1ccccc1)C1CCCC1P(c1cc(C(F)(F)F)cc(C(F)(F)F)c1)c1cc(C(F)(F)F)cc(C(F)(F)F)c1. The first-order valence-corrected chi connectivity index (χ1v) is 14.7. The van der Waals surface area contributed by atoms with Crippen LogP contribution >= 0.6 is 7.92 Å². The fourth-order valence-corrected chi connectivity index (χ4v) is 9.24. The molecule has 44 heavy (non-hydrogen) atoms. The summed E-state index contributed by atoms with van der Waals surface area (Å²) in [6.07, 6.45) is -20.1. The van der Waals surface area contributed by atoms with Crippen molar-refractivity contribution in [3.63, 3.8) is 0 Å². The van der Waals surface area contributed by atoms with E-state index in [1.807, 2.05) is 0 Å². The van der Waals surface area contributed by atoms with Gasteiger partial charge in [0, 0.05) is 6.04 Å². The van der Waals surface area contributed by atoms with E-state index in [1.54, 1.807) is 49.3 Å². The minimum Gasteiger partial charge on any atom is -0.302 e. The van der Waals surface area contributed by atoms with Gasteiger partial charge in [-0.2, -0.15) is 52.7 Å². The molecule has 1 fully saturated rings. The molecule has 0 amide bonds. The predicted molar refractivity (Wildman–Crippen MR) is 143 cm³/mol. The van der Waals surface area contributed by atoms with Crippen molar-refractivity contribution in [1.82, 2.24) is 4.90 Å². The van der Waals surface area contributed by atoms with Gasteiger partial charge in [0.05, 0.1) is 22.3 Å². The number of halogens is 12. The Morgan fingerprint density at radius 3 is 1.32 bits per heavy atom. The Kier molecular flexibility index (Phi) is 9.45. The molecule has 14 heteroatoms. The summed E-state index contributed by atoms with van der Waals surface area (Å²) in [7, 11) is 0.784. The monoisotopic (exact) mass is 659 g/mol. The largest absolute Gasteiger partial charge is 0.416 e. The first kappa shape index (κ1) is 34.1. The van der Waals surface area contributed by atoms with E-state index in [2.05, 4.69) is 0 Å². The Morgan fingerprint density at radius 1 is 0.591 bits per heavy atom. The van der Waals surface area contributed by atoms with Gasteiger partial charge in [0.2, 0.25) is 0 Å². The van der Waals surface area contributed by atoms with Crippen LogP contribution < -0.4 is 10.6 Å².